The van der Waals surface area contributed by atoms with Gasteiger partial charge in [0, 0.05) is 6.42 Å². The van der Waals surface area contributed by atoms with Crippen molar-refractivity contribution in [1.82, 2.24) is 4.90 Å². The number of hydrogen-bond acceptors (Lipinski definition) is 2. The highest BCUT2D eigenvalue weighted by molar-refractivity contribution is 6.20. The Kier molecular flexibility index (Phi) is 5.35. The molecule has 1 heterocycles. The highest BCUT2D eigenvalue weighted by atomic mass is 35.5. The minimum Gasteiger partial charge on any atom is -0.358 e. The van der Waals surface area contributed by atoms with Gasteiger partial charge in [-0.2, -0.15) is 0 Å². The number of nitrogens with zero attached hydrogens (tertiary/aromatic N) is 1. The van der Waals surface area contributed by atoms with E-state index < -0.39 is 0 Å². The zero-order valence-electron chi connectivity index (χ0n) is 14.5. The quantitative estimate of drug-likeness (QED) is 0.418. The summed E-state index contributed by atoms with van der Waals surface area (Å²) in [6.45, 7) is 0.599. The van der Waals surface area contributed by atoms with Crippen LogP contribution in [-0.2, 0) is 11.3 Å². The van der Waals surface area contributed by atoms with Gasteiger partial charge < -0.3 is 4.74 Å². The summed E-state index contributed by atoms with van der Waals surface area (Å²) in [4.78, 5) is 2.27. The van der Waals surface area contributed by atoms with Crippen LogP contribution in [0.15, 0.2) is 91.0 Å². The van der Waals surface area contributed by atoms with Crippen LogP contribution < -0.4 is 0 Å². The molecule has 0 saturated carbocycles. The van der Waals surface area contributed by atoms with E-state index in [1.165, 1.54) is 16.7 Å². The standard InChI is InChI=1S/C23H22ClNO/c24-21-16-22(26-17-18-10-4-1-5-11-18)25(21)23(19-12-6-2-7-13-19)20-14-8-3-9-15-20/h1-15,21-23H,16-17H2. The minimum atomic E-state index is -0.0267. The highest BCUT2D eigenvalue weighted by Crippen LogP contribution is 2.41. The summed E-state index contributed by atoms with van der Waals surface area (Å²) in [5.41, 5.74) is 3.62. The molecule has 26 heavy (non-hydrogen) atoms. The van der Waals surface area contributed by atoms with Crippen LogP contribution in [0.4, 0.5) is 0 Å². The molecule has 2 nitrogen and oxygen atoms in total. The van der Waals surface area contributed by atoms with Crippen molar-refractivity contribution < 1.29 is 4.74 Å². The van der Waals surface area contributed by atoms with Gasteiger partial charge in [-0.25, -0.2) is 0 Å². The first kappa shape index (κ1) is 17.3. The topological polar surface area (TPSA) is 12.5 Å². The summed E-state index contributed by atoms with van der Waals surface area (Å²) in [7, 11) is 0. The van der Waals surface area contributed by atoms with Gasteiger partial charge in [0.2, 0.25) is 0 Å². The Morgan fingerprint density at radius 1 is 0.808 bits per heavy atom. The Bertz CT molecular complexity index is 770. The molecule has 1 aliphatic heterocycles. The molecule has 0 N–H and O–H groups in total. The van der Waals surface area contributed by atoms with E-state index >= 15 is 0 Å². The smallest absolute Gasteiger partial charge is 0.115 e. The van der Waals surface area contributed by atoms with E-state index in [0.29, 0.717) is 6.61 Å². The molecule has 0 aliphatic carbocycles. The third-order valence-corrected chi connectivity index (χ3v) is 5.27. The molecule has 2 atom stereocenters. The summed E-state index contributed by atoms with van der Waals surface area (Å²) in [5, 5.41) is 0. The molecule has 0 radical (unpaired) electrons. The predicted octanol–water partition coefficient (Wildman–Crippen LogP) is 5.59. The lowest BCUT2D eigenvalue weighted by molar-refractivity contribution is -0.156. The molecule has 3 aromatic carbocycles. The van der Waals surface area contributed by atoms with Crippen molar-refractivity contribution >= 4 is 11.6 Å². The Morgan fingerprint density at radius 3 is 1.81 bits per heavy atom. The van der Waals surface area contributed by atoms with E-state index in [2.05, 4.69) is 65.6 Å². The lowest BCUT2D eigenvalue weighted by Crippen LogP contribution is -2.56. The number of hydrogen-bond donors (Lipinski definition) is 0. The maximum absolute atomic E-state index is 6.63. The van der Waals surface area contributed by atoms with E-state index in [9.17, 15) is 0 Å². The summed E-state index contributed by atoms with van der Waals surface area (Å²) in [5.74, 6) is 0. The Balaban J connectivity index is 1.58. The molecule has 1 fully saturated rings. The van der Waals surface area contributed by atoms with Gasteiger partial charge in [0.15, 0.2) is 0 Å². The Morgan fingerprint density at radius 2 is 1.31 bits per heavy atom. The van der Waals surface area contributed by atoms with Crippen molar-refractivity contribution in [3.8, 4) is 0 Å². The molecule has 1 saturated heterocycles. The van der Waals surface area contributed by atoms with Crippen LogP contribution in [0.3, 0.4) is 0 Å². The Hall–Kier alpha value is -2.13. The van der Waals surface area contributed by atoms with Gasteiger partial charge in [0.25, 0.3) is 0 Å². The summed E-state index contributed by atoms with van der Waals surface area (Å²) >= 11 is 6.63. The molecule has 132 valence electrons. The number of likely N-dealkylation sites (tertiary alicyclic amines) is 1. The first-order valence-electron chi connectivity index (χ1n) is 9.00. The van der Waals surface area contributed by atoms with Crippen LogP contribution in [0.1, 0.15) is 29.2 Å². The minimum absolute atomic E-state index is 0.0168. The predicted molar refractivity (Wildman–Crippen MR) is 106 cm³/mol. The van der Waals surface area contributed by atoms with Crippen molar-refractivity contribution in [1.29, 1.82) is 0 Å². The number of benzene rings is 3. The van der Waals surface area contributed by atoms with E-state index in [-0.39, 0.29) is 17.8 Å². The summed E-state index contributed by atoms with van der Waals surface area (Å²) in [6, 6.07) is 31.4. The molecular formula is C23H22ClNO. The van der Waals surface area contributed by atoms with Crippen molar-refractivity contribution in [3.63, 3.8) is 0 Å². The van der Waals surface area contributed by atoms with Crippen LogP contribution in [-0.4, -0.2) is 16.6 Å². The molecular weight excluding hydrogens is 342 g/mol. The molecule has 1 aliphatic rings. The molecule has 3 heteroatoms. The maximum Gasteiger partial charge on any atom is 0.115 e. The fraction of sp³-hybridized carbons (Fsp3) is 0.217. The SMILES string of the molecule is ClC1CC(OCc2ccccc2)N1C(c1ccccc1)c1ccccc1. The lowest BCUT2D eigenvalue weighted by atomic mass is 9.93. The highest BCUT2D eigenvalue weighted by Gasteiger charge is 2.43. The zero-order chi connectivity index (χ0) is 17.8. The monoisotopic (exact) mass is 363 g/mol. The van der Waals surface area contributed by atoms with Crippen LogP contribution in [0.2, 0.25) is 0 Å². The Labute approximate surface area is 160 Å². The van der Waals surface area contributed by atoms with Crippen LogP contribution in [0, 0.1) is 0 Å². The molecule has 2 unspecified atom stereocenters. The molecule has 0 aromatic heterocycles. The van der Waals surface area contributed by atoms with Gasteiger partial charge in [-0.1, -0.05) is 91.0 Å². The maximum atomic E-state index is 6.63. The molecule has 0 spiro atoms. The second-order valence-corrected chi connectivity index (χ2v) is 7.10. The normalized spacial score (nSPS) is 20.1. The third kappa shape index (κ3) is 3.68. The van der Waals surface area contributed by atoms with Crippen molar-refractivity contribution in [3.05, 3.63) is 108 Å². The lowest BCUT2D eigenvalue weighted by Gasteiger charge is -2.49. The zero-order valence-corrected chi connectivity index (χ0v) is 15.3. The van der Waals surface area contributed by atoms with Crippen LogP contribution in [0.5, 0.6) is 0 Å². The van der Waals surface area contributed by atoms with E-state index in [1.807, 2.05) is 30.3 Å². The average molecular weight is 364 g/mol. The summed E-state index contributed by atoms with van der Waals surface area (Å²) in [6.07, 6.45) is 0.855. The van der Waals surface area contributed by atoms with Gasteiger partial charge in [-0.05, 0) is 16.7 Å². The van der Waals surface area contributed by atoms with Gasteiger partial charge in [0.1, 0.15) is 6.23 Å². The fourth-order valence-corrected chi connectivity index (χ4v) is 3.90. The molecule has 3 aromatic rings. The van der Waals surface area contributed by atoms with Crippen LogP contribution >= 0.6 is 11.6 Å². The number of halogens is 1. The summed E-state index contributed by atoms with van der Waals surface area (Å²) < 4.78 is 6.21. The molecule has 0 bridgehead atoms. The average Bonchev–Trinajstić information content (AvgIpc) is 2.71. The first-order valence-corrected chi connectivity index (χ1v) is 9.43. The number of rotatable bonds is 6. The van der Waals surface area contributed by atoms with E-state index in [1.54, 1.807) is 0 Å². The van der Waals surface area contributed by atoms with Crippen molar-refractivity contribution in [2.75, 3.05) is 0 Å². The van der Waals surface area contributed by atoms with Gasteiger partial charge >= 0.3 is 0 Å². The number of alkyl halides is 1. The second-order valence-electron chi connectivity index (χ2n) is 6.59. The van der Waals surface area contributed by atoms with Crippen molar-refractivity contribution in [2.24, 2.45) is 0 Å². The molecule has 0 amide bonds. The fourth-order valence-electron chi connectivity index (χ4n) is 3.51. The first-order chi connectivity index (χ1) is 12.8. The third-order valence-electron chi connectivity index (χ3n) is 4.87. The van der Waals surface area contributed by atoms with Gasteiger partial charge in [-0.15, -0.1) is 11.6 Å². The van der Waals surface area contributed by atoms with Crippen molar-refractivity contribution in [2.45, 2.75) is 30.8 Å². The van der Waals surface area contributed by atoms with Gasteiger partial charge in [0.05, 0.1) is 18.1 Å². The second kappa shape index (κ2) is 8.05. The van der Waals surface area contributed by atoms with E-state index in [0.717, 1.165) is 6.42 Å². The largest absolute Gasteiger partial charge is 0.358 e. The van der Waals surface area contributed by atoms with Crippen LogP contribution in [0.25, 0.3) is 0 Å². The molecule has 4 rings (SSSR count). The van der Waals surface area contributed by atoms with E-state index in [4.69, 9.17) is 16.3 Å². The number of ether oxygens (including phenoxy) is 1. The van der Waals surface area contributed by atoms with Gasteiger partial charge in [-0.3, -0.25) is 4.90 Å².